The standard InChI is InChI=1S/C11H12ClN5O/c1-8-4-9(11(12)14-5-8)16-10(18)2-3-17-7-13-6-15-17/h4-7H,2-3H2,1H3,(H,16,18). The van der Waals surface area contributed by atoms with Crippen LogP contribution in [0.15, 0.2) is 24.9 Å². The summed E-state index contributed by atoms with van der Waals surface area (Å²) in [7, 11) is 0. The molecule has 0 atom stereocenters. The van der Waals surface area contributed by atoms with E-state index in [0.717, 1.165) is 5.56 Å². The molecule has 7 heteroatoms. The smallest absolute Gasteiger partial charge is 0.226 e. The Labute approximate surface area is 109 Å². The van der Waals surface area contributed by atoms with Crippen LogP contribution in [-0.4, -0.2) is 25.7 Å². The summed E-state index contributed by atoms with van der Waals surface area (Å²) in [4.78, 5) is 19.5. The van der Waals surface area contributed by atoms with Crippen molar-refractivity contribution in [3.8, 4) is 0 Å². The molecule has 0 spiro atoms. The van der Waals surface area contributed by atoms with Crippen molar-refractivity contribution in [3.63, 3.8) is 0 Å². The third-order valence-electron chi connectivity index (χ3n) is 2.28. The van der Waals surface area contributed by atoms with Gasteiger partial charge in [0.25, 0.3) is 0 Å². The number of carbonyl (C=O) groups excluding carboxylic acids is 1. The van der Waals surface area contributed by atoms with E-state index in [1.807, 2.05) is 6.92 Å². The molecule has 6 nitrogen and oxygen atoms in total. The molecule has 0 saturated carbocycles. The minimum absolute atomic E-state index is 0.139. The molecule has 0 aliphatic heterocycles. The number of carbonyl (C=O) groups is 1. The lowest BCUT2D eigenvalue weighted by Crippen LogP contribution is -2.15. The third-order valence-corrected chi connectivity index (χ3v) is 2.59. The summed E-state index contributed by atoms with van der Waals surface area (Å²) < 4.78 is 1.59. The maximum atomic E-state index is 11.7. The van der Waals surface area contributed by atoms with Crippen molar-refractivity contribution >= 4 is 23.2 Å². The van der Waals surface area contributed by atoms with Crippen molar-refractivity contribution in [2.24, 2.45) is 0 Å². The molecule has 0 radical (unpaired) electrons. The Morgan fingerprint density at radius 2 is 2.39 bits per heavy atom. The van der Waals surface area contributed by atoms with Gasteiger partial charge in [-0.3, -0.25) is 9.48 Å². The molecule has 1 amide bonds. The van der Waals surface area contributed by atoms with Crippen molar-refractivity contribution in [2.45, 2.75) is 19.9 Å². The number of aromatic nitrogens is 4. The predicted molar refractivity (Wildman–Crippen MR) is 67.3 cm³/mol. The van der Waals surface area contributed by atoms with Gasteiger partial charge in [-0.05, 0) is 18.6 Å². The highest BCUT2D eigenvalue weighted by Crippen LogP contribution is 2.19. The summed E-state index contributed by atoms with van der Waals surface area (Å²) in [5.41, 5.74) is 1.46. The maximum Gasteiger partial charge on any atom is 0.226 e. The van der Waals surface area contributed by atoms with Gasteiger partial charge in [0.1, 0.15) is 12.7 Å². The number of hydrogen-bond donors (Lipinski definition) is 1. The van der Waals surface area contributed by atoms with Crippen molar-refractivity contribution in [1.82, 2.24) is 19.7 Å². The van der Waals surface area contributed by atoms with E-state index in [1.165, 1.54) is 6.33 Å². The Bertz CT molecular complexity index is 540. The summed E-state index contributed by atoms with van der Waals surface area (Å²) in [5, 5.41) is 6.92. The van der Waals surface area contributed by atoms with Gasteiger partial charge >= 0.3 is 0 Å². The van der Waals surface area contributed by atoms with Crippen LogP contribution >= 0.6 is 11.6 Å². The van der Waals surface area contributed by atoms with Gasteiger partial charge in [-0.15, -0.1) is 0 Å². The molecule has 18 heavy (non-hydrogen) atoms. The number of amides is 1. The fraction of sp³-hybridized carbons (Fsp3) is 0.273. The van der Waals surface area contributed by atoms with Crippen LogP contribution in [0.2, 0.25) is 5.15 Å². The highest BCUT2D eigenvalue weighted by atomic mass is 35.5. The molecule has 0 aliphatic carbocycles. The molecule has 0 saturated heterocycles. The first-order valence-electron chi connectivity index (χ1n) is 5.39. The van der Waals surface area contributed by atoms with Crippen LogP contribution in [-0.2, 0) is 11.3 Å². The fourth-order valence-electron chi connectivity index (χ4n) is 1.42. The van der Waals surface area contributed by atoms with Gasteiger partial charge in [0.2, 0.25) is 5.91 Å². The van der Waals surface area contributed by atoms with E-state index in [0.29, 0.717) is 18.7 Å². The van der Waals surface area contributed by atoms with Crippen LogP contribution in [0.4, 0.5) is 5.69 Å². The Kier molecular flexibility index (Phi) is 3.88. The van der Waals surface area contributed by atoms with Gasteiger partial charge in [-0.1, -0.05) is 11.6 Å². The Morgan fingerprint density at radius 3 is 3.11 bits per heavy atom. The summed E-state index contributed by atoms with van der Waals surface area (Å²) in [6.45, 7) is 2.36. The molecule has 94 valence electrons. The Hall–Kier alpha value is -1.95. The normalized spacial score (nSPS) is 10.3. The first-order chi connectivity index (χ1) is 8.65. The lowest BCUT2D eigenvalue weighted by Gasteiger charge is -2.07. The lowest BCUT2D eigenvalue weighted by atomic mass is 10.3. The average molecular weight is 266 g/mol. The number of halogens is 1. The van der Waals surface area contributed by atoms with Crippen LogP contribution < -0.4 is 5.32 Å². The third kappa shape index (κ3) is 3.27. The van der Waals surface area contributed by atoms with E-state index in [9.17, 15) is 4.79 Å². The van der Waals surface area contributed by atoms with Gasteiger partial charge in [-0.25, -0.2) is 9.97 Å². The first-order valence-corrected chi connectivity index (χ1v) is 5.77. The number of nitrogens with one attached hydrogen (secondary N) is 1. The molecule has 1 N–H and O–H groups in total. The maximum absolute atomic E-state index is 11.7. The Balaban J connectivity index is 1.92. The molecule has 2 aromatic heterocycles. The van der Waals surface area contributed by atoms with Crippen LogP contribution in [0.5, 0.6) is 0 Å². The highest BCUT2D eigenvalue weighted by Gasteiger charge is 2.07. The molecule has 0 unspecified atom stereocenters. The van der Waals surface area contributed by atoms with E-state index in [1.54, 1.807) is 23.3 Å². The first kappa shape index (κ1) is 12.5. The summed E-state index contributed by atoms with van der Waals surface area (Å²) >= 11 is 5.89. The van der Waals surface area contributed by atoms with Gasteiger partial charge in [0, 0.05) is 12.6 Å². The van der Waals surface area contributed by atoms with Gasteiger partial charge in [-0.2, -0.15) is 5.10 Å². The SMILES string of the molecule is Cc1cnc(Cl)c(NC(=O)CCn2cncn2)c1. The van der Waals surface area contributed by atoms with Crippen LogP contribution in [0.3, 0.4) is 0 Å². The molecular formula is C11H12ClN5O. The number of anilines is 1. The summed E-state index contributed by atoms with van der Waals surface area (Å²) in [5.74, 6) is -0.139. The number of aryl methyl sites for hydroxylation is 2. The zero-order chi connectivity index (χ0) is 13.0. The number of hydrogen-bond acceptors (Lipinski definition) is 4. The summed E-state index contributed by atoms with van der Waals surface area (Å²) in [6, 6.07) is 1.78. The van der Waals surface area contributed by atoms with Crippen LogP contribution in [0.1, 0.15) is 12.0 Å². The van der Waals surface area contributed by atoms with E-state index < -0.39 is 0 Å². The fourth-order valence-corrected chi connectivity index (χ4v) is 1.57. The molecule has 2 heterocycles. The molecule has 0 fully saturated rings. The van der Waals surface area contributed by atoms with E-state index in [-0.39, 0.29) is 11.1 Å². The Morgan fingerprint density at radius 1 is 1.56 bits per heavy atom. The van der Waals surface area contributed by atoms with E-state index in [4.69, 9.17) is 11.6 Å². The molecular weight excluding hydrogens is 254 g/mol. The van der Waals surface area contributed by atoms with Crippen molar-refractivity contribution in [1.29, 1.82) is 0 Å². The molecule has 2 rings (SSSR count). The number of nitrogens with zero attached hydrogens (tertiary/aromatic N) is 4. The van der Waals surface area contributed by atoms with Crippen LogP contribution in [0, 0.1) is 6.92 Å². The quantitative estimate of drug-likeness (QED) is 0.854. The topological polar surface area (TPSA) is 72.7 Å². The second-order valence-corrected chi connectivity index (χ2v) is 4.17. The number of rotatable bonds is 4. The molecule has 0 bridgehead atoms. The van der Waals surface area contributed by atoms with Gasteiger partial charge < -0.3 is 5.32 Å². The molecule has 2 aromatic rings. The lowest BCUT2D eigenvalue weighted by molar-refractivity contribution is -0.116. The number of pyridine rings is 1. The molecule has 0 aromatic carbocycles. The minimum Gasteiger partial charge on any atom is -0.323 e. The van der Waals surface area contributed by atoms with Crippen molar-refractivity contribution in [2.75, 3.05) is 5.32 Å². The van der Waals surface area contributed by atoms with Gasteiger partial charge in [0.15, 0.2) is 5.15 Å². The van der Waals surface area contributed by atoms with Crippen LogP contribution in [0.25, 0.3) is 0 Å². The van der Waals surface area contributed by atoms with Crippen molar-refractivity contribution < 1.29 is 4.79 Å². The summed E-state index contributed by atoms with van der Waals surface area (Å²) in [6.07, 6.45) is 4.94. The van der Waals surface area contributed by atoms with Crippen molar-refractivity contribution in [3.05, 3.63) is 35.6 Å². The zero-order valence-corrected chi connectivity index (χ0v) is 10.6. The van der Waals surface area contributed by atoms with E-state index >= 15 is 0 Å². The molecule has 0 aliphatic rings. The monoisotopic (exact) mass is 265 g/mol. The highest BCUT2D eigenvalue weighted by molar-refractivity contribution is 6.32. The minimum atomic E-state index is -0.139. The van der Waals surface area contributed by atoms with E-state index in [2.05, 4.69) is 20.4 Å². The van der Waals surface area contributed by atoms with Gasteiger partial charge in [0.05, 0.1) is 12.2 Å². The average Bonchev–Trinajstić information content (AvgIpc) is 2.84. The second-order valence-electron chi connectivity index (χ2n) is 3.81. The predicted octanol–water partition coefficient (Wildman–Crippen LogP) is 1.66. The zero-order valence-electron chi connectivity index (χ0n) is 9.80. The largest absolute Gasteiger partial charge is 0.323 e. The second kappa shape index (κ2) is 5.59.